The molecule has 1 fully saturated rings. The Labute approximate surface area is 218 Å². The molecule has 1 saturated heterocycles. The molecule has 3 atom stereocenters. The smallest absolute Gasteiger partial charge is 0.205 e. The summed E-state index contributed by atoms with van der Waals surface area (Å²) >= 11 is 0. The predicted molar refractivity (Wildman–Crippen MR) is 148 cm³/mol. The van der Waals surface area contributed by atoms with Gasteiger partial charge in [-0.05, 0) is 67.5 Å². The van der Waals surface area contributed by atoms with Gasteiger partial charge < -0.3 is 19.8 Å². The minimum Gasteiger partial charge on any atom is -0.445 e. The van der Waals surface area contributed by atoms with Crippen molar-refractivity contribution < 1.29 is 9.47 Å². The van der Waals surface area contributed by atoms with Gasteiger partial charge in [-0.15, -0.1) is 0 Å². The van der Waals surface area contributed by atoms with Gasteiger partial charge in [-0.25, -0.2) is 0 Å². The molecule has 4 rings (SSSR count). The molecule has 36 heavy (non-hydrogen) atoms. The van der Waals surface area contributed by atoms with Crippen molar-refractivity contribution in [2.75, 3.05) is 6.61 Å². The van der Waals surface area contributed by atoms with Crippen LogP contribution in [0.1, 0.15) is 86.1 Å². The second-order valence-corrected chi connectivity index (χ2v) is 10.1. The van der Waals surface area contributed by atoms with Gasteiger partial charge in [0.05, 0.1) is 6.10 Å². The van der Waals surface area contributed by atoms with Crippen molar-refractivity contribution in [2.24, 2.45) is 17.1 Å². The molecule has 0 saturated carbocycles. The first kappa shape index (κ1) is 29.3. The number of nitrogens with zero attached hydrogens (tertiary/aromatic N) is 2. The van der Waals surface area contributed by atoms with E-state index in [9.17, 15) is 5.26 Å². The molecule has 1 aromatic carbocycles. The fourth-order valence-electron chi connectivity index (χ4n) is 4.97. The Morgan fingerprint density at radius 1 is 1.14 bits per heavy atom. The lowest BCUT2D eigenvalue weighted by Crippen LogP contribution is -2.38. The summed E-state index contributed by atoms with van der Waals surface area (Å²) in [5.41, 5.74) is 9.64. The fraction of sp³-hybridized carbons (Fsp3) is 0.516. The van der Waals surface area contributed by atoms with Crippen LogP contribution in [0.25, 0.3) is 5.69 Å². The molecule has 0 bridgehead atoms. The van der Waals surface area contributed by atoms with Crippen LogP contribution in [0, 0.1) is 22.7 Å². The zero-order chi connectivity index (χ0) is 26.9. The average Bonchev–Trinajstić information content (AvgIpc) is 3.59. The molecule has 2 aliphatic rings. The zero-order valence-corrected chi connectivity index (χ0v) is 23.5. The van der Waals surface area contributed by atoms with E-state index in [1.807, 2.05) is 45.3 Å². The van der Waals surface area contributed by atoms with E-state index in [4.69, 9.17) is 15.2 Å². The molecule has 0 radical (unpaired) electrons. The molecule has 3 unspecified atom stereocenters. The third-order valence-corrected chi connectivity index (χ3v) is 6.72. The maximum atomic E-state index is 9.98. The van der Waals surface area contributed by atoms with E-state index in [1.54, 1.807) is 0 Å². The first-order valence-corrected chi connectivity index (χ1v) is 13.4. The number of allylic oxidation sites excluding steroid dienone is 2. The van der Waals surface area contributed by atoms with Crippen molar-refractivity contribution in [1.82, 2.24) is 4.57 Å². The molecular formula is C31H45N3O2. The van der Waals surface area contributed by atoms with Gasteiger partial charge in [-0.3, -0.25) is 0 Å². The summed E-state index contributed by atoms with van der Waals surface area (Å²) in [5.74, 6) is 1.58. The zero-order valence-electron chi connectivity index (χ0n) is 23.5. The van der Waals surface area contributed by atoms with E-state index in [1.165, 1.54) is 0 Å². The summed E-state index contributed by atoms with van der Waals surface area (Å²) in [6.45, 7) is 17.7. The van der Waals surface area contributed by atoms with Gasteiger partial charge in [0, 0.05) is 36.0 Å². The van der Waals surface area contributed by atoms with Gasteiger partial charge in [0.25, 0.3) is 0 Å². The second kappa shape index (κ2) is 13.4. The molecule has 0 aliphatic carbocycles. The normalized spacial score (nSPS) is 21.0. The summed E-state index contributed by atoms with van der Waals surface area (Å²) in [6, 6.07) is 14.7. The summed E-state index contributed by atoms with van der Waals surface area (Å²) in [7, 11) is 0. The molecule has 196 valence electrons. The van der Waals surface area contributed by atoms with Gasteiger partial charge in [0.2, 0.25) is 5.88 Å². The SMILES string of the molecule is CC.CC(C)C.CCC(C)(C1=C(C)OC(N)=C(C#N)C1c1ccc(-n2cccc2)cc1)C1CCCO1. The van der Waals surface area contributed by atoms with Crippen LogP contribution >= 0.6 is 0 Å². The highest BCUT2D eigenvalue weighted by Crippen LogP contribution is 2.52. The molecule has 5 nitrogen and oxygen atoms in total. The monoisotopic (exact) mass is 491 g/mol. The molecule has 5 heteroatoms. The van der Waals surface area contributed by atoms with Crippen LogP contribution in [0.15, 0.2) is 71.6 Å². The van der Waals surface area contributed by atoms with E-state index in [0.29, 0.717) is 5.57 Å². The fourth-order valence-corrected chi connectivity index (χ4v) is 4.97. The van der Waals surface area contributed by atoms with Gasteiger partial charge in [0.15, 0.2) is 0 Å². The van der Waals surface area contributed by atoms with Crippen LogP contribution in [0.2, 0.25) is 0 Å². The lowest BCUT2D eigenvalue weighted by Gasteiger charge is -2.42. The van der Waals surface area contributed by atoms with Crippen molar-refractivity contribution in [3.05, 3.63) is 77.1 Å². The molecule has 0 spiro atoms. The first-order chi connectivity index (χ1) is 17.2. The van der Waals surface area contributed by atoms with Crippen molar-refractivity contribution in [2.45, 2.75) is 86.7 Å². The molecule has 2 aromatic rings. The summed E-state index contributed by atoms with van der Waals surface area (Å²) in [5, 5.41) is 9.98. The Morgan fingerprint density at radius 3 is 2.19 bits per heavy atom. The van der Waals surface area contributed by atoms with Gasteiger partial charge in [-0.1, -0.05) is 60.6 Å². The molecular weight excluding hydrogens is 446 g/mol. The van der Waals surface area contributed by atoms with E-state index in [2.05, 4.69) is 69.5 Å². The highest BCUT2D eigenvalue weighted by atomic mass is 16.5. The molecule has 1 aromatic heterocycles. The Hall–Kier alpha value is -2.97. The van der Waals surface area contributed by atoms with Crippen LogP contribution < -0.4 is 5.73 Å². The number of nitriles is 1. The Morgan fingerprint density at radius 2 is 1.72 bits per heavy atom. The maximum absolute atomic E-state index is 9.98. The number of nitrogens with two attached hydrogens (primary N) is 1. The highest BCUT2D eigenvalue weighted by molar-refractivity contribution is 5.52. The molecule has 0 amide bonds. The second-order valence-electron chi connectivity index (χ2n) is 10.1. The average molecular weight is 492 g/mol. The molecule has 2 N–H and O–H groups in total. The van der Waals surface area contributed by atoms with Gasteiger partial charge in [-0.2, -0.15) is 5.26 Å². The lowest BCUT2D eigenvalue weighted by atomic mass is 9.65. The van der Waals surface area contributed by atoms with Crippen LogP contribution in [-0.2, 0) is 9.47 Å². The Balaban J connectivity index is 0.000000694. The van der Waals surface area contributed by atoms with Gasteiger partial charge in [0.1, 0.15) is 17.4 Å². The van der Waals surface area contributed by atoms with Crippen molar-refractivity contribution >= 4 is 0 Å². The van der Waals surface area contributed by atoms with Crippen LogP contribution in [0.5, 0.6) is 0 Å². The highest BCUT2D eigenvalue weighted by Gasteiger charge is 2.46. The lowest BCUT2D eigenvalue weighted by molar-refractivity contribution is 0.0204. The number of aromatic nitrogens is 1. The molecule has 3 heterocycles. The standard InChI is InChI=1S/C25H29N3O2.C4H10.C2H6/c1-4-25(3,21-8-7-15-29-21)23-17(2)30-24(27)20(16-26)22(23)18-9-11-19(12-10-18)28-13-5-6-14-28;1-4(2)3;1-2/h5-6,9-14,21-22H,4,7-8,15,27H2,1-3H3;4H,1-3H3;1-2H3. The number of hydrogen-bond acceptors (Lipinski definition) is 4. The minimum absolute atomic E-state index is 0.108. The Kier molecular flexibility index (Phi) is 10.9. The van der Waals surface area contributed by atoms with Crippen molar-refractivity contribution in [1.29, 1.82) is 5.26 Å². The van der Waals surface area contributed by atoms with Crippen molar-refractivity contribution in [3.8, 4) is 11.8 Å². The minimum atomic E-state index is -0.243. The predicted octanol–water partition coefficient (Wildman–Crippen LogP) is 7.84. The molecule has 2 aliphatic heterocycles. The van der Waals surface area contributed by atoms with Crippen LogP contribution in [-0.4, -0.2) is 17.3 Å². The number of rotatable bonds is 5. The number of hydrogen-bond donors (Lipinski definition) is 1. The van der Waals surface area contributed by atoms with Crippen molar-refractivity contribution in [3.63, 3.8) is 0 Å². The summed E-state index contributed by atoms with van der Waals surface area (Å²) in [4.78, 5) is 0. The summed E-state index contributed by atoms with van der Waals surface area (Å²) < 4.78 is 14.1. The third-order valence-electron chi connectivity index (χ3n) is 6.72. The third kappa shape index (κ3) is 6.42. The largest absolute Gasteiger partial charge is 0.445 e. The number of ether oxygens (including phenoxy) is 2. The van der Waals surface area contributed by atoms with Crippen LogP contribution in [0.4, 0.5) is 0 Å². The first-order valence-electron chi connectivity index (χ1n) is 13.4. The maximum Gasteiger partial charge on any atom is 0.205 e. The summed E-state index contributed by atoms with van der Waals surface area (Å²) in [6.07, 6.45) is 7.11. The van der Waals surface area contributed by atoms with E-state index < -0.39 is 0 Å². The van der Waals surface area contributed by atoms with Gasteiger partial charge >= 0.3 is 0 Å². The quantitative estimate of drug-likeness (QED) is 0.462. The van der Waals surface area contributed by atoms with Crippen LogP contribution in [0.3, 0.4) is 0 Å². The topological polar surface area (TPSA) is 73.2 Å². The number of benzene rings is 1. The Bertz CT molecular complexity index is 1050. The van der Waals surface area contributed by atoms with E-state index in [-0.39, 0.29) is 23.3 Å². The van der Waals surface area contributed by atoms with E-state index in [0.717, 1.165) is 54.4 Å². The van der Waals surface area contributed by atoms with E-state index >= 15 is 0 Å².